The molecule has 0 saturated carbocycles. The summed E-state index contributed by atoms with van der Waals surface area (Å²) in [5.41, 5.74) is 3.16. The molecular formula is C12H12N2O3. The van der Waals surface area contributed by atoms with Crippen molar-refractivity contribution in [1.29, 1.82) is 0 Å². The molecule has 1 saturated heterocycles. The minimum absolute atomic E-state index is 0.151. The molecule has 0 spiro atoms. The zero-order valence-corrected chi connectivity index (χ0v) is 9.18. The van der Waals surface area contributed by atoms with E-state index in [1.807, 2.05) is 30.3 Å². The van der Waals surface area contributed by atoms with Crippen LogP contribution in [0.15, 0.2) is 30.3 Å². The normalized spacial score (nSPS) is 15.2. The van der Waals surface area contributed by atoms with Gasteiger partial charge in [-0.05, 0) is 5.56 Å². The molecular weight excluding hydrogens is 220 g/mol. The number of hydrogen-bond acceptors (Lipinski definition) is 3. The number of rotatable bonds is 3. The molecule has 1 fully saturated rings. The molecule has 0 radical (unpaired) electrons. The summed E-state index contributed by atoms with van der Waals surface area (Å²) in [4.78, 5) is 34.1. The summed E-state index contributed by atoms with van der Waals surface area (Å²) in [7, 11) is 0. The smallest absolute Gasteiger partial charge is 0.248 e. The molecule has 5 nitrogen and oxygen atoms in total. The minimum atomic E-state index is -0.361. The van der Waals surface area contributed by atoms with Crippen molar-refractivity contribution >= 4 is 17.7 Å². The van der Waals surface area contributed by atoms with E-state index in [1.165, 1.54) is 0 Å². The molecule has 0 bridgehead atoms. The van der Waals surface area contributed by atoms with Gasteiger partial charge in [0.25, 0.3) is 0 Å². The van der Waals surface area contributed by atoms with Crippen LogP contribution in [0.2, 0.25) is 0 Å². The number of carbonyl (C=O) groups excluding carboxylic acids is 3. The molecule has 0 atom stereocenters. The lowest BCUT2D eigenvalue weighted by molar-refractivity contribution is -0.147. The summed E-state index contributed by atoms with van der Waals surface area (Å²) in [6.07, 6.45) is 0.493. The number of carbonyl (C=O) groups is 3. The minimum Gasteiger partial charge on any atom is -0.273 e. The van der Waals surface area contributed by atoms with Crippen molar-refractivity contribution in [3.8, 4) is 0 Å². The second-order valence-electron chi connectivity index (χ2n) is 3.82. The number of benzene rings is 1. The Morgan fingerprint density at radius 1 is 1.12 bits per heavy atom. The topological polar surface area (TPSA) is 66.5 Å². The summed E-state index contributed by atoms with van der Waals surface area (Å²) >= 11 is 0. The van der Waals surface area contributed by atoms with Crippen molar-refractivity contribution < 1.29 is 14.4 Å². The first kappa shape index (κ1) is 11.3. The molecule has 17 heavy (non-hydrogen) atoms. The van der Waals surface area contributed by atoms with Crippen molar-refractivity contribution in [2.45, 2.75) is 19.3 Å². The van der Waals surface area contributed by atoms with Gasteiger partial charge < -0.3 is 0 Å². The molecule has 1 heterocycles. The number of amides is 3. The van der Waals surface area contributed by atoms with E-state index in [4.69, 9.17) is 0 Å². The fourth-order valence-corrected chi connectivity index (χ4v) is 1.65. The summed E-state index contributed by atoms with van der Waals surface area (Å²) < 4.78 is 0. The highest BCUT2D eigenvalue weighted by molar-refractivity contribution is 6.03. The van der Waals surface area contributed by atoms with E-state index in [9.17, 15) is 14.4 Å². The molecule has 2 rings (SSSR count). The van der Waals surface area contributed by atoms with E-state index >= 15 is 0 Å². The first-order valence-electron chi connectivity index (χ1n) is 5.36. The number of nitrogens with one attached hydrogen (secondary N) is 1. The van der Waals surface area contributed by atoms with Crippen LogP contribution in [-0.2, 0) is 20.8 Å². The van der Waals surface area contributed by atoms with E-state index in [1.54, 1.807) is 0 Å². The average Bonchev–Trinajstić information content (AvgIpc) is 2.62. The van der Waals surface area contributed by atoms with Gasteiger partial charge in [0.1, 0.15) is 0 Å². The van der Waals surface area contributed by atoms with E-state index in [2.05, 4.69) is 5.43 Å². The molecule has 1 aliphatic rings. The maximum Gasteiger partial charge on any atom is 0.248 e. The van der Waals surface area contributed by atoms with Crippen molar-refractivity contribution in [1.82, 2.24) is 10.4 Å². The Balaban J connectivity index is 1.94. The third kappa shape index (κ3) is 2.69. The van der Waals surface area contributed by atoms with Crippen molar-refractivity contribution in [3.63, 3.8) is 0 Å². The summed E-state index contributed by atoms with van der Waals surface area (Å²) in [6, 6.07) is 9.14. The average molecular weight is 232 g/mol. The molecule has 3 amide bonds. The molecule has 1 aliphatic heterocycles. The lowest BCUT2D eigenvalue weighted by Gasteiger charge is -2.14. The second-order valence-corrected chi connectivity index (χ2v) is 3.82. The summed E-state index contributed by atoms with van der Waals surface area (Å²) in [6.45, 7) is 0. The van der Waals surface area contributed by atoms with E-state index < -0.39 is 0 Å². The number of nitrogens with zero attached hydrogens (tertiary/aromatic N) is 1. The number of hydrogen-bond donors (Lipinski definition) is 1. The first-order valence-corrected chi connectivity index (χ1v) is 5.36. The third-order valence-electron chi connectivity index (χ3n) is 2.50. The van der Waals surface area contributed by atoms with Crippen LogP contribution in [0.4, 0.5) is 0 Å². The Hall–Kier alpha value is -2.17. The summed E-state index contributed by atoms with van der Waals surface area (Å²) in [5, 5.41) is 0.811. The van der Waals surface area contributed by atoms with E-state index in [0.29, 0.717) is 0 Å². The fourth-order valence-electron chi connectivity index (χ4n) is 1.65. The highest BCUT2D eigenvalue weighted by Crippen LogP contribution is 2.09. The van der Waals surface area contributed by atoms with Gasteiger partial charge in [0.05, 0.1) is 6.42 Å². The lowest BCUT2D eigenvalue weighted by Crippen LogP contribution is -2.46. The van der Waals surface area contributed by atoms with Gasteiger partial charge in [0, 0.05) is 12.8 Å². The second kappa shape index (κ2) is 4.78. The van der Waals surface area contributed by atoms with Crippen LogP contribution in [-0.4, -0.2) is 22.7 Å². The maximum atomic E-state index is 11.6. The summed E-state index contributed by atoms with van der Waals surface area (Å²) in [5.74, 6) is -1.06. The Labute approximate surface area is 98.4 Å². The molecule has 0 unspecified atom stereocenters. The van der Waals surface area contributed by atoms with Crippen LogP contribution in [0.1, 0.15) is 18.4 Å². The van der Waals surface area contributed by atoms with Gasteiger partial charge in [-0.2, -0.15) is 5.01 Å². The zero-order chi connectivity index (χ0) is 12.3. The van der Waals surface area contributed by atoms with Gasteiger partial charge >= 0.3 is 0 Å². The Kier molecular flexibility index (Phi) is 3.18. The van der Waals surface area contributed by atoms with Crippen LogP contribution in [0.25, 0.3) is 0 Å². The quantitative estimate of drug-likeness (QED) is 0.767. The maximum absolute atomic E-state index is 11.6. The first-order chi connectivity index (χ1) is 8.16. The predicted molar refractivity (Wildman–Crippen MR) is 59.4 cm³/mol. The Morgan fingerprint density at radius 3 is 2.29 bits per heavy atom. The highest BCUT2D eigenvalue weighted by atomic mass is 16.2. The lowest BCUT2D eigenvalue weighted by atomic mass is 10.1. The molecule has 1 N–H and O–H groups in total. The largest absolute Gasteiger partial charge is 0.273 e. The molecule has 1 aromatic carbocycles. The van der Waals surface area contributed by atoms with Gasteiger partial charge in [-0.15, -0.1) is 0 Å². The zero-order valence-electron chi connectivity index (χ0n) is 9.18. The standard InChI is InChI=1S/C12H12N2O3/c15-10(8-9-4-2-1-3-5-9)13-14-11(16)6-7-12(14)17/h1-5H,6-8H2,(H,13,15). The van der Waals surface area contributed by atoms with Crippen molar-refractivity contribution in [2.24, 2.45) is 0 Å². The molecule has 1 aromatic rings. The van der Waals surface area contributed by atoms with E-state index in [0.717, 1.165) is 10.6 Å². The highest BCUT2D eigenvalue weighted by Gasteiger charge is 2.30. The van der Waals surface area contributed by atoms with E-state index in [-0.39, 0.29) is 37.0 Å². The third-order valence-corrected chi connectivity index (χ3v) is 2.50. The predicted octanol–water partition coefficient (Wildman–Crippen LogP) is 0.409. The van der Waals surface area contributed by atoms with Crippen LogP contribution >= 0.6 is 0 Å². The van der Waals surface area contributed by atoms with Gasteiger partial charge in [-0.1, -0.05) is 30.3 Å². The van der Waals surface area contributed by atoms with Crippen LogP contribution in [0.3, 0.4) is 0 Å². The van der Waals surface area contributed by atoms with Crippen LogP contribution in [0, 0.1) is 0 Å². The SMILES string of the molecule is O=C(Cc1ccccc1)NN1C(=O)CCC1=O. The van der Waals surface area contributed by atoms with Crippen molar-refractivity contribution in [3.05, 3.63) is 35.9 Å². The Bertz CT molecular complexity index is 440. The molecule has 5 heteroatoms. The van der Waals surface area contributed by atoms with Gasteiger partial charge in [0.15, 0.2) is 0 Å². The van der Waals surface area contributed by atoms with Gasteiger partial charge in [-0.3, -0.25) is 19.8 Å². The molecule has 88 valence electrons. The van der Waals surface area contributed by atoms with Crippen molar-refractivity contribution in [2.75, 3.05) is 0 Å². The number of hydrazine groups is 1. The van der Waals surface area contributed by atoms with Gasteiger partial charge in [0.2, 0.25) is 17.7 Å². The van der Waals surface area contributed by atoms with Crippen LogP contribution in [0.5, 0.6) is 0 Å². The molecule has 0 aromatic heterocycles. The van der Waals surface area contributed by atoms with Crippen LogP contribution < -0.4 is 5.43 Å². The Morgan fingerprint density at radius 2 is 1.71 bits per heavy atom. The fraction of sp³-hybridized carbons (Fsp3) is 0.250. The van der Waals surface area contributed by atoms with Gasteiger partial charge in [-0.25, -0.2) is 0 Å². The monoisotopic (exact) mass is 232 g/mol. The number of imide groups is 1. The molecule has 0 aliphatic carbocycles.